The Morgan fingerprint density at radius 1 is 0.917 bits per heavy atom. The monoisotopic (exact) mass is 403 g/mol. The van der Waals surface area contributed by atoms with Gasteiger partial charge in [0.15, 0.2) is 0 Å². The van der Waals surface area contributed by atoms with Gasteiger partial charge in [0, 0.05) is 26.2 Å². The third-order valence-corrected chi connectivity index (χ3v) is 5.87. The first kappa shape index (κ1) is 16.1. The van der Waals surface area contributed by atoms with Crippen LogP contribution in [0.5, 0.6) is 0 Å². The minimum absolute atomic E-state index is 0. The predicted octanol–water partition coefficient (Wildman–Crippen LogP) is 6.44. The van der Waals surface area contributed by atoms with E-state index in [-0.39, 0.29) is 26.2 Å². The largest absolute Gasteiger partial charge is 0.185 e. The van der Waals surface area contributed by atoms with Crippen LogP contribution in [0.4, 0.5) is 0 Å². The number of benzene rings is 2. The Balaban J connectivity index is 0.00000146. The Hall–Kier alpha value is -1.37. The normalized spacial score (nSPS) is 13.0. The number of hydrogen-bond donors (Lipinski definition) is 0. The van der Waals surface area contributed by atoms with E-state index in [1.807, 2.05) is 11.3 Å². The van der Waals surface area contributed by atoms with Crippen molar-refractivity contribution in [3.05, 3.63) is 77.2 Å². The summed E-state index contributed by atoms with van der Waals surface area (Å²) in [5.74, 6) is 0. The van der Waals surface area contributed by atoms with Crippen molar-refractivity contribution in [2.75, 3.05) is 0 Å². The maximum atomic E-state index is 2.43. The molecule has 2 heteroatoms. The van der Waals surface area contributed by atoms with Gasteiger partial charge >= 0.3 is 0 Å². The molecular weight excluding hydrogens is 388 g/mol. The molecule has 116 valence electrons. The van der Waals surface area contributed by atoms with Crippen LogP contribution >= 0.6 is 11.3 Å². The molecule has 0 bridgehead atoms. The molecule has 5 rings (SSSR count). The van der Waals surface area contributed by atoms with E-state index in [9.17, 15) is 0 Å². The van der Waals surface area contributed by atoms with E-state index >= 15 is 0 Å². The average Bonchev–Trinajstić information content (AvgIpc) is 3.32. The maximum absolute atomic E-state index is 2.43. The zero-order valence-electron chi connectivity index (χ0n) is 13.4. The zero-order valence-corrected chi connectivity index (χ0v) is 16.7. The number of thiophene rings is 1. The van der Waals surface area contributed by atoms with Gasteiger partial charge in [-0.25, -0.2) is 0 Å². The maximum Gasteiger partial charge on any atom is 0 e. The quantitative estimate of drug-likeness (QED) is 0.337. The zero-order chi connectivity index (χ0) is 15.2. The van der Waals surface area contributed by atoms with Gasteiger partial charge < -0.3 is 0 Å². The molecular formula is C22H17SZr-. The van der Waals surface area contributed by atoms with E-state index in [1.54, 1.807) is 11.1 Å². The Bertz CT molecular complexity index is 978. The van der Waals surface area contributed by atoms with Gasteiger partial charge in [0.1, 0.15) is 0 Å². The number of rotatable bonds is 2. The third-order valence-electron chi connectivity index (χ3n) is 4.95. The van der Waals surface area contributed by atoms with E-state index in [0.29, 0.717) is 0 Å². The molecule has 0 amide bonds. The summed E-state index contributed by atoms with van der Waals surface area (Å²) in [6, 6.07) is 22.5. The molecule has 0 atom stereocenters. The fourth-order valence-corrected chi connectivity index (χ4v) is 4.66. The summed E-state index contributed by atoms with van der Waals surface area (Å²) in [5, 5.41) is 4.97. The molecule has 1 aromatic heterocycles. The van der Waals surface area contributed by atoms with Crippen LogP contribution < -0.4 is 0 Å². The van der Waals surface area contributed by atoms with Crippen molar-refractivity contribution in [3.8, 4) is 21.6 Å². The van der Waals surface area contributed by atoms with Crippen LogP contribution in [-0.4, -0.2) is 0 Å². The molecule has 0 fully saturated rings. The summed E-state index contributed by atoms with van der Waals surface area (Å²) in [5.41, 5.74) is 7.32. The van der Waals surface area contributed by atoms with Crippen LogP contribution in [0.1, 0.15) is 17.5 Å². The molecule has 0 aliphatic heterocycles. The summed E-state index contributed by atoms with van der Waals surface area (Å²) in [7, 11) is 0. The standard InChI is InChI=1S/C22H17S.Zr/c1-2-6-15(7-3-1)22-19-9-4-8-16(19)12-17-13-18(14-20(17)22)21-10-5-11-23-21;/h1-3,5-7,10-14H,4,8-9H2;/q-1;. The molecule has 24 heavy (non-hydrogen) atoms. The van der Waals surface area contributed by atoms with Gasteiger partial charge in [-0.3, -0.25) is 0 Å². The molecule has 3 aromatic carbocycles. The second kappa shape index (κ2) is 6.50. The molecule has 1 heterocycles. The van der Waals surface area contributed by atoms with Crippen molar-refractivity contribution in [2.45, 2.75) is 19.3 Å². The number of aryl methyl sites for hydroxylation is 1. The Labute approximate surface area is 165 Å². The molecule has 4 aromatic rings. The van der Waals surface area contributed by atoms with Crippen molar-refractivity contribution >= 4 is 22.1 Å². The van der Waals surface area contributed by atoms with E-state index in [4.69, 9.17) is 0 Å². The first-order valence-electron chi connectivity index (χ1n) is 8.25. The average molecular weight is 405 g/mol. The van der Waals surface area contributed by atoms with Gasteiger partial charge in [-0.05, 0) is 40.6 Å². The van der Waals surface area contributed by atoms with Crippen LogP contribution in [0.25, 0.3) is 32.3 Å². The predicted molar refractivity (Wildman–Crippen MR) is 100 cm³/mol. The smallest absolute Gasteiger partial charge is 0 e. The second-order valence-electron chi connectivity index (χ2n) is 6.33. The van der Waals surface area contributed by atoms with Crippen LogP contribution in [-0.2, 0) is 39.0 Å². The van der Waals surface area contributed by atoms with E-state index in [1.165, 1.54) is 51.6 Å². The summed E-state index contributed by atoms with van der Waals surface area (Å²) in [6.45, 7) is 0. The fraction of sp³-hybridized carbons (Fsp3) is 0.136. The summed E-state index contributed by atoms with van der Waals surface area (Å²) < 4.78 is 0. The summed E-state index contributed by atoms with van der Waals surface area (Å²) in [6.07, 6.45) is 3.74. The molecule has 0 saturated carbocycles. The van der Waals surface area contributed by atoms with Crippen molar-refractivity contribution in [1.82, 2.24) is 0 Å². The van der Waals surface area contributed by atoms with Gasteiger partial charge in [0.25, 0.3) is 0 Å². The van der Waals surface area contributed by atoms with Crippen molar-refractivity contribution in [3.63, 3.8) is 0 Å². The second-order valence-corrected chi connectivity index (χ2v) is 7.28. The third kappa shape index (κ3) is 2.57. The Morgan fingerprint density at radius 3 is 2.58 bits per heavy atom. The van der Waals surface area contributed by atoms with Gasteiger partial charge in [0.2, 0.25) is 0 Å². The van der Waals surface area contributed by atoms with Crippen LogP contribution in [0.15, 0.2) is 66.0 Å². The van der Waals surface area contributed by atoms with Crippen molar-refractivity contribution in [2.24, 2.45) is 0 Å². The SMILES string of the molecule is [Zr].c1ccc(-c2c3c(cc4[cH-]c(-c5cccs5)cc24)CCC3)cc1. The minimum Gasteiger partial charge on any atom is -0.185 e. The van der Waals surface area contributed by atoms with E-state index in [0.717, 1.165) is 0 Å². The number of hydrogen-bond acceptors (Lipinski definition) is 1. The van der Waals surface area contributed by atoms with Gasteiger partial charge in [-0.2, -0.15) is 11.3 Å². The Morgan fingerprint density at radius 2 is 1.79 bits per heavy atom. The van der Waals surface area contributed by atoms with Gasteiger partial charge in [-0.1, -0.05) is 53.6 Å². The first-order chi connectivity index (χ1) is 11.4. The Kier molecular flexibility index (Phi) is 4.37. The van der Waals surface area contributed by atoms with Crippen LogP contribution in [0.3, 0.4) is 0 Å². The van der Waals surface area contributed by atoms with Gasteiger partial charge in [-0.15, -0.1) is 34.5 Å². The molecule has 0 unspecified atom stereocenters. The molecule has 1 aliphatic rings. The molecule has 0 radical (unpaired) electrons. The van der Waals surface area contributed by atoms with Crippen molar-refractivity contribution < 1.29 is 26.2 Å². The molecule has 0 saturated heterocycles. The number of fused-ring (bicyclic) bond motifs is 2. The van der Waals surface area contributed by atoms with E-state index < -0.39 is 0 Å². The van der Waals surface area contributed by atoms with Crippen molar-refractivity contribution in [1.29, 1.82) is 0 Å². The summed E-state index contributed by atoms with van der Waals surface area (Å²) in [4.78, 5) is 1.36. The van der Waals surface area contributed by atoms with Crippen LogP contribution in [0, 0.1) is 0 Å². The van der Waals surface area contributed by atoms with Gasteiger partial charge in [0.05, 0.1) is 0 Å². The minimum atomic E-state index is 0. The first-order valence-corrected chi connectivity index (χ1v) is 9.12. The van der Waals surface area contributed by atoms with E-state index in [2.05, 4.69) is 66.0 Å². The van der Waals surface area contributed by atoms with Crippen LogP contribution in [0.2, 0.25) is 0 Å². The molecule has 1 aliphatic carbocycles. The molecule has 0 spiro atoms. The summed E-state index contributed by atoms with van der Waals surface area (Å²) >= 11 is 1.82. The molecule has 0 N–H and O–H groups in total. The molecule has 0 nitrogen and oxygen atoms in total. The topological polar surface area (TPSA) is 0 Å². The fourth-order valence-electron chi connectivity index (χ4n) is 3.94.